The molecule has 3 heteroatoms. The average Bonchev–Trinajstić information content (AvgIpc) is 2.30. The van der Waals surface area contributed by atoms with E-state index in [1.54, 1.807) is 36.8 Å². The number of hydrogen-bond donors (Lipinski definition) is 0. The molecule has 74 valence electrons. The Labute approximate surface area is 87.8 Å². The van der Waals surface area contributed by atoms with Gasteiger partial charge in [0.1, 0.15) is 0 Å². The number of ketones is 1. The molecule has 2 heterocycles. The van der Waals surface area contributed by atoms with Gasteiger partial charge in [0.2, 0.25) is 0 Å². The quantitative estimate of drug-likeness (QED) is 0.693. The van der Waals surface area contributed by atoms with Crippen LogP contribution < -0.4 is 0 Å². The fraction of sp³-hybridized carbons (Fsp3) is 0.0833. The minimum atomic E-state index is -0.0232. The number of carbonyl (C=O) groups is 1. The lowest BCUT2D eigenvalue weighted by atomic mass is 10.1. The van der Waals surface area contributed by atoms with Crippen LogP contribution in [0.15, 0.2) is 42.9 Å². The highest BCUT2D eigenvalue weighted by molar-refractivity contribution is 6.08. The van der Waals surface area contributed by atoms with E-state index >= 15 is 0 Å². The molecule has 0 radical (unpaired) electrons. The summed E-state index contributed by atoms with van der Waals surface area (Å²) in [6, 6.07) is 7.00. The summed E-state index contributed by atoms with van der Waals surface area (Å²) in [6.07, 6.45) is 4.81. The van der Waals surface area contributed by atoms with Crippen molar-refractivity contribution in [1.29, 1.82) is 0 Å². The van der Waals surface area contributed by atoms with Gasteiger partial charge in [0.25, 0.3) is 0 Å². The molecule has 0 aromatic carbocycles. The Kier molecular flexibility index (Phi) is 2.54. The largest absolute Gasteiger partial charge is 0.289 e. The molecule has 3 nitrogen and oxygen atoms in total. The molecule has 2 aromatic heterocycles. The van der Waals surface area contributed by atoms with Crippen molar-refractivity contribution >= 4 is 5.78 Å². The van der Waals surface area contributed by atoms with Crippen LogP contribution in [0.5, 0.6) is 0 Å². The van der Waals surface area contributed by atoms with Gasteiger partial charge in [0.05, 0.1) is 0 Å². The monoisotopic (exact) mass is 198 g/mol. The standard InChI is InChI=1S/C12H10N2O/c1-9-2-3-11(8-14-9)12(15)10-4-6-13-7-5-10/h2-8H,1H3. The van der Waals surface area contributed by atoms with Crippen LogP contribution in [0.2, 0.25) is 0 Å². The molecule has 0 saturated heterocycles. The van der Waals surface area contributed by atoms with E-state index < -0.39 is 0 Å². The maximum Gasteiger partial charge on any atom is 0.194 e. The maximum atomic E-state index is 11.9. The highest BCUT2D eigenvalue weighted by Crippen LogP contribution is 2.07. The molecule has 0 N–H and O–H groups in total. The van der Waals surface area contributed by atoms with E-state index in [1.807, 2.05) is 13.0 Å². The summed E-state index contributed by atoms with van der Waals surface area (Å²) in [4.78, 5) is 19.8. The first-order valence-corrected chi connectivity index (χ1v) is 4.65. The molecular formula is C12H10N2O. The Morgan fingerprint density at radius 3 is 2.40 bits per heavy atom. The highest BCUT2D eigenvalue weighted by Gasteiger charge is 2.07. The smallest absolute Gasteiger partial charge is 0.194 e. The minimum Gasteiger partial charge on any atom is -0.289 e. The molecule has 0 saturated carbocycles. The average molecular weight is 198 g/mol. The van der Waals surface area contributed by atoms with Crippen LogP contribution in [-0.4, -0.2) is 15.8 Å². The molecule has 0 spiro atoms. The number of pyridine rings is 2. The normalized spacial score (nSPS) is 9.93. The van der Waals surface area contributed by atoms with Gasteiger partial charge >= 0.3 is 0 Å². The third kappa shape index (κ3) is 2.07. The highest BCUT2D eigenvalue weighted by atomic mass is 16.1. The molecule has 0 aliphatic rings. The van der Waals surface area contributed by atoms with Gasteiger partial charge in [0.15, 0.2) is 5.78 Å². The van der Waals surface area contributed by atoms with Crippen molar-refractivity contribution in [3.05, 3.63) is 59.7 Å². The Morgan fingerprint density at radius 2 is 1.80 bits per heavy atom. The van der Waals surface area contributed by atoms with Gasteiger partial charge in [-0.1, -0.05) is 0 Å². The fourth-order valence-electron chi connectivity index (χ4n) is 1.27. The first-order valence-electron chi connectivity index (χ1n) is 4.65. The van der Waals surface area contributed by atoms with Gasteiger partial charge in [-0.15, -0.1) is 0 Å². The Hall–Kier alpha value is -2.03. The summed E-state index contributed by atoms with van der Waals surface area (Å²) >= 11 is 0. The van der Waals surface area contributed by atoms with Gasteiger partial charge in [-0.2, -0.15) is 0 Å². The molecule has 0 atom stereocenters. The SMILES string of the molecule is Cc1ccc(C(=O)c2ccncc2)cn1. The summed E-state index contributed by atoms with van der Waals surface area (Å²) in [5.74, 6) is -0.0232. The topological polar surface area (TPSA) is 42.9 Å². The predicted molar refractivity (Wildman–Crippen MR) is 56.6 cm³/mol. The second kappa shape index (κ2) is 4.00. The molecule has 0 aliphatic carbocycles. The second-order valence-corrected chi connectivity index (χ2v) is 3.25. The number of carbonyl (C=O) groups excluding carboxylic acids is 1. The van der Waals surface area contributed by atoms with Crippen LogP contribution in [-0.2, 0) is 0 Å². The van der Waals surface area contributed by atoms with E-state index in [0.29, 0.717) is 11.1 Å². The van der Waals surface area contributed by atoms with Gasteiger partial charge in [-0.25, -0.2) is 0 Å². The molecule has 0 amide bonds. The molecule has 15 heavy (non-hydrogen) atoms. The van der Waals surface area contributed by atoms with E-state index in [2.05, 4.69) is 9.97 Å². The van der Waals surface area contributed by atoms with E-state index in [9.17, 15) is 4.79 Å². The van der Waals surface area contributed by atoms with Crippen molar-refractivity contribution in [2.75, 3.05) is 0 Å². The van der Waals surface area contributed by atoms with E-state index in [4.69, 9.17) is 0 Å². The third-order valence-electron chi connectivity index (χ3n) is 2.12. The Bertz CT molecular complexity index is 463. The van der Waals surface area contributed by atoms with E-state index in [0.717, 1.165) is 5.69 Å². The van der Waals surface area contributed by atoms with E-state index in [1.165, 1.54) is 0 Å². The number of aryl methyl sites for hydroxylation is 1. The van der Waals surface area contributed by atoms with Crippen molar-refractivity contribution in [1.82, 2.24) is 9.97 Å². The summed E-state index contributed by atoms with van der Waals surface area (Å²) in [5.41, 5.74) is 2.14. The summed E-state index contributed by atoms with van der Waals surface area (Å²) in [6.45, 7) is 1.89. The minimum absolute atomic E-state index is 0.0232. The lowest BCUT2D eigenvalue weighted by molar-refractivity contribution is 0.103. The molecule has 0 bridgehead atoms. The molecule has 0 unspecified atom stereocenters. The Morgan fingerprint density at radius 1 is 1.07 bits per heavy atom. The first kappa shape index (κ1) is 9.52. The van der Waals surface area contributed by atoms with Gasteiger partial charge in [-0.3, -0.25) is 14.8 Å². The zero-order valence-electron chi connectivity index (χ0n) is 8.34. The third-order valence-corrected chi connectivity index (χ3v) is 2.12. The lowest BCUT2D eigenvalue weighted by Crippen LogP contribution is -2.01. The Balaban J connectivity index is 2.33. The van der Waals surface area contributed by atoms with Gasteiger partial charge in [-0.05, 0) is 31.2 Å². The predicted octanol–water partition coefficient (Wildman–Crippen LogP) is 2.02. The fourth-order valence-corrected chi connectivity index (χ4v) is 1.27. The van der Waals surface area contributed by atoms with Crippen LogP contribution in [0.1, 0.15) is 21.6 Å². The van der Waals surface area contributed by atoms with E-state index in [-0.39, 0.29) is 5.78 Å². The summed E-state index contributed by atoms with van der Waals surface area (Å²) in [7, 11) is 0. The number of hydrogen-bond acceptors (Lipinski definition) is 3. The van der Waals surface area contributed by atoms with Crippen molar-refractivity contribution in [3.8, 4) is 0 Å². The zero-order valence-corrected chi connectivity index (χ0v) is 8.34. The zero-order chi connectivity index (χ0) is 10.7. The molecular weight excluding hydrogens is 188 g/mol. The molecule has 2 rings (SSSR count). The first-order chi connectivity index (χ1) is 7.27. The summed E-state index contributed by atoms with van der Waals surface area (Å²) in [5, 5.41) is 0. The lowest BCUT2D eigenvalue weighted by Gasteiger charge is -2.00. The summed E-state index contributed by atoms with van der Waals surface area (Å²) < 4.78 is 0. The van der Waals surface area contributed by atoms with Crippen molar-refractivity contribution < 1.29 is 4.79 Å². The van der Waals surface area contributed by atoms with Crippen LogP contribution in [0.4, 0.5) is 0 Å². The number of aromatic nitrogens is 2. The van der Waals surface area contributed by atoms with Crippen molar-refractivity contribution in [2.45, 2.75) is 6.92 Å². The van der Waals surface area contributed by atoms with Gasteiger partial charge in [0, 0.05) is 35.4 Å². The molecule has 0 aliphatic heterocycles. The molecule has 2 aromatic rings. The second-order valence-electron chi connectivity index (χ2n) is 3.25. The van der Waals surface area contributed by atoms with Crippen LogP contribution in [0.3, 0.4) is 0 Å². The number of nitrogens with zero attached hydrogens (tertiary/aromatic N) is 2. The van der Waals surface area contributed by atoms with Crippen LogP contribution >= 0.6 is 0 Å². The van der Waals surface area contributed by atoms with Crippen LogP contribution in [0, 0.1) is 6.92 Å². The molecule has 0 fully saturated rings. The van der Waals surface area contributed by atoms with Crippen LogP contribution in [0.25, 0.3) is 0 Å². The number of rotatable bonds is 2. The van der Waals surface area contributed by atoms with Gasteiger partial charge < -0.3 is 0 Å². The maximum absolute atomic E-state index is 11.9. The van der Waals surface area contributed by atoms with Crippen molar-refractivity contribution in [3.63, 3.8) is 0 Å². The van der Waals surface area contributed by atoms with Crippen molar-refractivity contribution in [2.24, 2.45) is 0 Å².